The maximum absolute atomic E-state index is 10.5. The van der Waals surface area contributed by atoms with Crippen LogP contribution in [-0.4, -0.2) is 23.8 Å². The Labute approximate surface area is 175 Å². The van der Waals surface area contributed by atoms with Crippen LogP contribution in [-0.2, 0) is 0 Å². The van der Waals surface area contributed by atoms with Crippen LogP contribution in [0.5, 0.6) is 23.0 Å². The monoisotopic (exact) mass is 406 g/mol. The third-order valence-corrected chi connectivity index (χ3v) is 4.92. The molecule has 2 N–H and O–H groups in total. The average molecular weight is 406 g/mol. The van der Waals surface area contributed by atoms with Crippen LogP contribution in [0.25, 0.3) is 0 Å². The highest BCUT2D eigenvalue weighted by Crippen LogP contribution is 2.39. The van der Waals surface area contributed by atoms with E-state index in [9.17, 15) is 10.2 Å². The molecule has 2 aliphatic heterocycles. The predicted octanol–water partition coefficient (Wildman–Crippen LogP) is 3.76. The van der Waals surface area contributed by atoms with Gasteiger partial charge in [0.1, 0.15) is 0 Å². The van der Waals surface area contributed by atoms with Crippen molar-refractivity contribution in [1.82, 2.24) is 0 Å². The van der Waals surface area contributed by atoms with Crippen LogP contribution in [0, 0.1) is 11.8 Å². The topological polar surface area (TPSA) is 77.4 Å². The van der Waals surface area contributed by atoms with Crippen molar-refractivity contribution in [1.29, 1.82) is 0 Å². The van der Waals surface area contributed by atoms with Gasteiger partial charge >= 0.3 is 0 Å². The Kier molecular flexibility index (Phi) is 5.66. The van der Waals surface area contributed by atoms with Crippen molar-refractivity contribution >= 4 is 0 Å². The number of rotatable bonds is 6. The van der Waals surface area contributed by atoms with Crippen LogP contribution in [0.3, 0.4) is 0 Å². The highest BCUT2D eigenvalue weighted by atomic mass is 16.7. The minimum absolute atomic E-state index is 0.128. The first kappa shape index (κ1) is 19.9. The number of hydrogen-bond donors (Lipinski definition) is 2. The number of benzene rings is 2. The molecule has 0 radical (unpaired) electrons. The minimum Gasteiger partial charge on any atom is -0.454 e. The molecule has 0 fully saturated rings. The molecule has 0 aliphatic carbocycles. The quantitative estimate of drug-likeness (QED) is 0.562. The minimum atomic E-state index is -0.774. The van der Waals surface area contributed by atoms with Crippen LogP contribution in [0.4, 0.5) is 0 Å². The van der Waals surface area contributed by atoms with Gasteiger partial charge in [-0.05, 0) is 25.0 Å². The van der Waals surface area contributed by atoms with Crippen molar-refractivity contribution < 1.29 is 29.2 Å². The fourth-order valence-electron chi connectivity index (χ4n) is 3.39. The van der Waals surface area contributed by atoms with Crippen LogP contribution in [0.15, 0.2) is 49.6 Å². The van der Waals surface area contributed by atoms with Crippen molar-refractivity contribution in [2.24, 2.45) is 0 Å². The molecular weight excluding hydrogens is 384 g/mol. The summed E-state index contributed by atoms with van der Waals surface area (Å²) in [4.78, 5) is 0. The summed E-state index contributed by atoms with van der Waals surface area (Å²) in [6, 6.07) is 6.99. The lowest BCUT2D eigenvalue weighted by Crippen LogP contribution is -2.01. The molecule has 2 aromatic carbocycles. The lowest BCUT2D eigenvalue weighted by atomic mass is 9.97. The molecule has 2 aliphatic rings. The van der Waals surface area contributed by atoms with E-state index in [-0.39, 0.29) is 13.6 Å². The van der Waals surface area contributed by atoms with E-state index in [1.165, 1.54) is 0 Å². The smallest absolute Gasteiger partial charge is 0.231 e. The molecule has 2 atom stereocenters. The van der Waals surface area contributed by atoms with Gasteiger partial charge in [0.2, 0.25) is 13.6 Å². The molecule has 0 amide bonds. The lowest BCUT2D eigenvalue weighted by molar-refractivity contribution is 0.172. The summed E-state index contributed by atoms with van der Waals surface area (Å²) >= 11 is 0. The number of aliphatic hydroxyl groups is 2. The predicted molar refractivity (Wildman–Crippen MR) is 111 cm³/mol. The summed E-state index contributed by atoms with van der Waals surface area (Å²) < 4.78 is 21.8. The molecule has 2 aromatic rings. The largest absolute Gasteiger partial charge is 0.454 e. The first-order valence-corrected chi connectivity index (χ1v) is 9.57. The second-order valence-electron chi connectivity index (χ2n) is 6.92. The number of ether oxygens (including phenoxy) is 4. The summed E-state index contributed by atoms with van der Waals surface area (Å²) in [7, 11) is 0. The fraction of sp³-hybridized carbons (Fsp3) is 0.250. The van der Waals surface area contributed by atoms with Gasteiger partial charge in [0, 0.05) is 34.4 Å². The SMILES string of the molecule is C=CCC(O)c1cc2c(cc1C#Cc1cc3c(cc1C(O)CC=C)OCO3)OCO2. The molecule has 30 heavy (non-hydrogen) atoms. The van der Waals surface area contributed by atoms with Crippen LogP contribution < -0.4 is 18.9 Å². The van der Waals surface area contributed by atoms with Crippen molar-refractivity contribution in [2.75, 3.05) is 13.6 Å². The summed E-state index contributed by atoms with van der Waals surface area (Å²) in [5, 5.41) is 21.1. The van der Waals surface area contributed by atoms with E-state index in [1.54, 1.807) is 36.4 Å². The summed E-state index contributed by atoms with van der Waals surface area (Å²) in [5.74, 6) is 8.52. The van der Waals surface area contributed by atoms with E-state index in [4.69, 9.17) is 18.9 Å². The van der Waals surface area contributed by atoms with E-state index in [0.717, 1.165) is 0 Å². The van der Waals surface area contributed by atoms with Gasteiger partial charge in [-0.2, -0.15) is 0 Å². The first-order chi connectivity index (χ1) is 14.6. The average Bonchev–Trinajstić information content (AvgIpc) is 3.39. The fourth-order valence-corrected chi connectivity index (χ4v) is 3.39. The van der Waals surface area contributed by atoms with Crippen molar-refractivity contribution in [2.45, 2.75) is 25.0 Å². The van der Waals surface area contributed by atoms with Gasteiger partial charge < -0.3 is 29.2 Å². The van der Waals surface area contributed by atoms with E-state index >= 15 is 0 Å². The Hall–Kier alpha value is -3.40. The Balaban J connectivity index is 1.78. The standard InChI is InChI=1S/C24H22O6/c1-3-5-19(25)17-11-23-21(27-13-29-23)9-15(17)7-8-16-10-22-24(30-14-28-22)12-18(16)20(26)6-4-2/h3-4,9-12,19-20,25-26H,1-2,5-6,13-14H2. The van der Waals surface area contributed by atoms with Gasteiger partial charge in [0.25, 0.3) is 0 Å². The van der Waals surface area contributed by atoms with Gasteiger partial charge in [-0.1, -0.05) is 24.0 Å². The number of fused-ring (bicyclic) bond motifs is 2. The summed E-state index contributed by atoms with van der Waals surface area (Å²) in [6.45, 7) is 7.64. The molecule has 2 unspecified atom stereocenters. The molecule has 0 bridgehead atoms. The Bertz CT molecular complexity index is 964. The molecule has 6 nitrogen and oxygen atoms in total. The molecule has 0 aromatic heterocycles. The molecule has 154 valence electrons. The van der Waals surface area contributed by atoms with Gasteiger partial charge in [-0.3, -0.25) is 0 Å². The van der Waals surface area contributed by atoms with Gasteiger partial charge in [0.15, 0.2) is 23.0 Å². The van der Waals surface area contributed by atoms with E-state index < -0.39 is 12.2 Å². The second-order valence-corrected chi connectivity index (χ2v) is 6.92. The zero-order valence-electron chi connectivity index (χ0n) is 16.4. The van der Waals surface area contributed by atoms with Crippen LogP contribution in [0.2, 0.25) is 0 Å². The molecule has 0 saturated carbocycles. The maximum Gasteiger partial charge on any atom is 0.231 e. The summed E-state index contributed by atoms with van der Waals surface area (Å²) in [5.41, 5.74) is 2.46. The Morgan fingerprint density at radius 1 is 0.733 bits per heavy atom. The van der Waals surface area contributed by atoms with Crippen LogP contribution >= 0.6 is 0 Å². The Morgan fingerprint density at radius 3 is 1.47 bits per heavy atom. The van der Waals surface area contributed by atoms with Crippen molar-refractivity contribution in [3.05, 3.63) is 71.8 Å². The van der Waals surface area contributed by atoms with E-state index in [0.29, 0.717) is 58.1 Å². The van der Waals surface area contributed by atoms with E-state index in [1.807, 2.05) is 0 Å². The van der Waals surface area contributed by atoms with Crippen LogP contribution in [0.1, 0.15) is 47.3 Å². The van der Waals surface area contributed by atoms with Gasteiger partial charge in [-0.15, -0.1) is 13.2 Å². The van der Waals surface area contributed by atoms with Crippen molar-refractivity contribution in [3.63, 3.8) is 0 Å². The highest BCUT2D eigenvalue weighted by Gasteiger charge is 2.22. The molecule has 2 heterocycles. The van der Waals surface area contributed by atoms with Crippen molar-refractivity contribution in [3.8, 4) is 34.8 Å². The highest BCUT2D eigenvalue weighted by molar-refractivity contribution is 5.59. The van der Waals surface area contributed by atoms with Gasteiger partial charge in [-0.25, -0.2) is 0 Å². The number of hydrogen-bond acceptors (Lipinski definition) is 6. The normalized spacial score (nSPS) is 15.1. The molecule has 4 rings (SSSR count). The lowest BCUT2D eigenvalue weighted by Gasteiger charge is -2.13. The molecule has 0 saturated heterocycles. The second kappa shape index (κ2) is 8.54. The first-order valence-electron chi connectivity index (χ1n) is 9.57. The third-order valence-electron chi connectivity index (χ3n) is 4.92. The zero-order valence-corrected chi connectivity index (χ0v) is 16.4. The molecule has 0 spiro atoms. The Morgan fingerprint density at radius 2 is 1.10 bits per heavy atom. The molecule has 6 heteroatoms. The summed E-state index contributed by atoms with van der Waals surface area (Å²) in [6.07, 6.45) is 2.50. The van der Waals surface area contributed by atoms with E-state index in [2.05, 4.69) is 25.0 Å². The third kappa shape index (κ3) is 3.86. The maximum atomic E-state index is 10.5. The molecular formula is C24H22O6. The number of aliphatic hydroxyl groups excluding tert-OH is 2. The van der Waals surface area contributed by atoms with Gasteiger partial charge in [0.05, 0.1) is 12.2 Å². The zero-order chi connectivity index (χ0) is 21.1.